The number of hydrogen-bond acceptors (Lipinski definition) is 5. The van der Waals surface area contributed by atoms with Crippen LogP contribution in [0.15, 0.2) is 53.7 Å². The van der Waals surface area contributed by atoms with Crippen molar-refractivity contribution in [2.75, 3.05) is 19.5 Å². The summed E-state index contributed by atoms with van der Waals surface area (Å²) in [6.45, 7) is 4.27. The first-order chi connectivity index (χ1) is 14.4. The highest BCUT2D eigenvalue weighted by Gasteiger charge is 2.41. The first-order valence-corrected chi connectivity index (χ1v) is 10.1. The van der Waals surface area contributed by atoms with Gasteiger partial charge in [-0.1, -0.05) is 26.0 Å². The molecule has 0 unspecified atom stereocenters. The number of allylic oxidation sites excluding steroid dienone is 2. The zero-order valence-corrected chi connectivity index (χ0v) is 17.7. The number of fused-ring (bicyclic) bond motifs is 3. The Morgan fingerprint density at radius 2 is 1.77 bits per heavy atom. The molecule has 1 aliphatic carbocycles. The van der Waals surface area contributed by atoms with Crippen molar-refractivity contribution in [2.45, 2.75) is 32.7 Å². The van der Waals surface area contributed by atoms with Crippen LogP contribution in [0.25, 0.3) is 11.0 Å². The third-order valence-corrected chi connectivity index (χ3v) is 6.00. The van der Waals surface area contributed by atoms with E-state index in [4.69, 9.17) is 14.5 Å². The van der Waals surface area contributed by atoms with Gasteiger partial charge < -0.3 is 14.8 Å². The Bertz CT molecular complexity index is 1180. The number of ether oxygens (including phenoxy) is 2. The van der Waals surface area contributed by atoms with Crippen molar-refractivity contribution in [3.63, 3.8) is 0 Å². The van der Waals surface area contributed by atoms with Crippen LogP contribution in [-0.4, -0.2) is 29.6 Å². The van der Waals surface area contributed by atoms with Crippen molar-refractivity contribution in [3.8, 4) is 11.5 Å². The van der Waals surface area contributed by atoms with E-state index in [1.807, 2.05) is 42.5 Å². The summed E-state index contributed by atoms with van der Waals surface area (Å²) in [5.74, 6) is 2.32. The molecule has 0 bridgehead atoms. The molecule has 1 N–H and O–H groups in total. The van der Waals surface area contributed by atoms with Gasteiger partial charge in [-0.05, 0) is 41.7 Å². The molecule has 0 saturated carbocycles. The van der Waals surface area contributed by atoms with Crippen molar-refractivity contribution < 1.29 is 14.3 Å². The molecule has 0 saturated heterocycles. The van der Waals surface area contributed by atoms with Gasteiger partial charge in [0.15, 0.2) is 5.78 Å². The number of para-hydroxylation sites is 2. The molecule has 5 rings (SSSR count). The molecule has 154 valence electrons. The zero-order chi connectivity index (χ0) is 21.0. The number of hydrogen-bond donors (Lipinski definition) is 1. The van der Waals surface area contributed by atoms with E-state index >= 15 is 0 Å². The monoisotopic (exact) mass is 403 g/mol. The summed E-state index contributed by atoms with van der Waals surface area (Å²) in [7, 11) is 3.27. The van der Waals surface area contributed by atoms with Crippen LogP contribution in [0, 0.1) is 5.41 Å². The van der Waals surface area contributed by atoms with Crippen LogP contribution in [0.4, 0.5) is 5.95 Å². The van der Waals surface area contributed by atoms with Crippen LogP contribution < -0.4 is 14.8 Å². The van der Waals surface area contributed by atoms with Crippen molar-refractivity contribution in [2.24, 2.45) is 5.41 Å². The van der Waals surface area contributed by atoms with Gasteiger partial charge in [0.05, 0.1) is 31.3 Å². The fourth-order valence-electron chi connectivity index (χ4n) is 4.72. The Kier molecular flexibility index (Phi) is 4.13. The number of carbonyl (C=O) groups is 1. The lowest BCUT2D eigenvalue weighted by Crippen LogP contribution is -2.36. The van der Waals surface area contributed by atoms with Crippen molar-refractivity contribution in [1.29, 1.82) is 0 Å². The van der Waals surface area contributed by atoms with E-state index in [1.165, 1.54) is 0 Å². The molecular formula is C24H25N3O3. The molecule has 0 amide bonds. The number of ketones is 1. The lowest BCUT2D eigenvalue weighted by Gasteiger charge is -2.39. The average molecular weight is 403 g/mol. The molecule has 1 aliphatic heterocycles. The molecule has 3 aromatic rings. The summed E-state index contributed by atoms with van der Waals surface area (Å²) in [6.07, 6.45) is 1.32. The lowest BCUT2D eigenvalue weighted by molar-refractivity contribution is -0.118. The summed E-state index contributed by atoms with van der Waals surface area (Å²) in [5.41, 5.74) is 4.50. The van der Waals surface area contributed by atoms with E-state index in [9.17, 15) is 4.79 Å². The second-order valence-corrected chi connectivity index (χ2v) is 8.80. The molecule has 2 aliphatic rings. The first kappa shape index (κ1) is 18.7. The predicted octanol–water partition coefficient (Wildman–Crippen LogP) is 4.71. The number of carbonyl (C=O) groups excluding carboxylic acids is 1. The number of nitrogens with one attached hydrogen (secondary N) is 1. The van der Waals surface area contributed by atoms with E-state index in [1.54, 1.807) is 14.2 Å². The Morgan fingerprint density at radius 1 is 1.07 bits per heavy atom. The van der Waals surface area contributed by atoms with Gasteiger partial charge in [-0.2, -0.15) is 0 Å². The number of aromatic nitrogens is 2. The molecule has 0 radical (unpaired) electrons. The van der Waals surface area contributed by atoms with E-state index < -0.39 is 0 Å². The smallest absolute Gasteiger partial charge is 0.209 e. The summed E-state index contributed by atoms with van der Waals surface area (Å²) < 4.78 is 13.2. The Hall–Kier alpha value is -3.28. The summed E-state index contributed by atoms with van der Waals surface area (Å²) in [4.78, 5) is 18.2. The Balaban J connectivity index is 1.80. The topological polar surface area (TPSA) is 65.4 Å². The SMILES string of the molecule is COc1cc(OC)cc([C@H]2C3=C(CC(C)(C)CC3=O)Nc3nc4ccccc4n32)c1. The molecule has 2 aromatic carbocycles. The molecule has 6 nitrogen and oxygen atoms in total. The maximum atomic E-state index is 13.4. The minimum Gasteiger partial charge on any atom is -0.497 e. The first-order valence-electron chi connectivity index (χ1n) is 10.1. The highest BCUT2D eigenvalue weighted by molar-refractivity contribution is 6.01. The fraction of sp³-hybridized carbons (Fsp3) is 0.333. The molecule has 2 heterocycles. The molecular weight excluding hydrogens is 378 g/mol. The van der Waals surface area contributed by atoms with Gasteiger partial charge in [-0.15, -0.1) is 0 Å². The van der Waals surface area contributed by atoms with Crippen molar-refractivity contribution in [1.82, 2.24) is 9.55 Å². The van der Waals surface area contributed by atoms with E-state index in [0.29, 0.717) is 17.9 Å². The summed E-state index contributed by atoms with van der Waals surface area (Å²) >= 11 is 0. The molecule has 30 heavy (non-hydrogen) atoms. The van der Waals surface area contributed by atoms with Gasteiger partial charge >= 0.3 is 0 Å². The summed E-state index contributed by atoms with van der Waals surface area (Å²) in [5, 5.41) is 3.48. The maximum Gasteiger partial charge on any atom is 0.209 e. The predicted molar refractivity (Wildman–Crippen MR) is 116 cm³/mol. The van der Waals surface area contributed by atoms with Gasteiger partial charge in [0, 0.05) is 23.8 Å². The fourth-order valence-corrected chi connectivity index (χ4v) is 4.72. The number of imidazole rings is 1. The van der Waals surface area contributed by atoms with Crippen molar-refractivity contribution in [3.05, 3.63) is 59.3 Å². The number of rotatable bonds is 3. The van der Waals surface area contributed by atoms with Crippen LogP contribution in [-0.2, 0) is 4.79 Å². The van der Waals surface area contributed by atoms with Gasteiger partial charge in [0.25, 0.3) is 0 Å². The normalized spacial score (nSPS) is 19.9. The van der Waals surface area contributed by atoms with Gasteiger partial charge in [0.1, 0.15) is 11.5 Å². The molecule has 6 heteroatoms. The number of benzene rings is 2. The minimum absolute atomic E-state index is 0.0896. The molecule has 1 atom stereocenters. The molecule has 0 spiro atoms. The molecule has 1 aromatic heterocycles. The number of Topliss-reactive ketones (excluding diaryl/α,β-unsaturated/α-hetero) is 1. The van der Waals surface area contributed by atoms with Crippen LogP contribution in [0.3, 0.4) is 0 Å². The highest BCUT2D eigenvalue weighted by Crippen LogP contribution is 2.47. The standard InChI is InChI=1S/C24H25N3O3/c1-24(2)12-18-21(20(28)13-24)22(14-9-15(29-3)11-16(10-14)30-4)27-19-8-6-5-7-17(19)25-23(27)26-18/h5-11,22H,12-13H2,1-4H3,(H,25,26)/t22-/m0/s1. The van der Waals surface area contributed by atoms with E-state index in [-0.39, 0.29) is 17.2 Å². The highest BCUT2D eigenvalue weighted by atomic mass is 16.5. The second kappa shape index (κ2) is 6.62. The number of methoxy groups -OCH3 is 2. The third kappa shape index (κ3) is 2.86. The Labute approximate surface area is 175 Å². The van der Waals surface area contributed by atoms with Crippen LogP contribution in [0.2, 0.25) is 0 Å². The van der Waals surface area contributed by atoms with Gasteiger partial charge in [-0.25, -0.2) is 4.98 Å². The van der Waals surface area contributed by atoms with Crippen molar-refractivity contribution >= 4 is 22.8 Å². The molecule has 0 fully saturated rings. The average Bonchev–Trinajstić information content (AvgIpc) is 3.08. The zero-order valence-electron chi connectivity index (χ0n) is 17.7. The second-order valence-electron chi connectivity index (χ2n) is 8.80. The summed E-state index contributed by atoms with van der Waals surface area (Å²) in [6, 6.07) is 13.5. The van der Waals surface area contributed by atoms with Crippen LogP contribution >= 0.6 is 0 Å². The lowest BCUT2D eigenvalue weighted by atomic mass is 9.73. The van der Waals surface area contributed by atoms with Crippen LogP contribution in [0.1, 0.15) is 38.3 Å². The quantitative estimate of drug-likeness (QED) is 0.686. The minimum atomic E-state index is -0.295. The maximum absolute atomic E-state index is 13.4. The number of nitrogens with zero attached hydrogens (tertiary/aromatic N) is 2. The van der Waals surface area contributed by atoms with E-state index in [0.717, 1.165) is 40.2 Å². The van der Waals surface area contributed by atoms with E-state index in [2.05, 4.69) is 23.7 Å². The largest absolute Gasteiger partial charge is 0.497 e. The number of anilines is 1. The van der Waals surface area contributed by atoms with Gasteiger partial charge in [0.2, 0.25) is 5.95 Å². The van der Waals surface area contributed by atoms with Crippen LogP contribution in [0.5, 0.6) is 11.5 Å². The third-order valence-electron chi connectivity index (χ3n) is 6.00. The Morgan fingerprint density at radius 3 is 2.47 bits per heavy atom. The van der Waals surface area contributed by atoms with Gasteiger partial charge in [-0.3, -0.25) is 9.36 Å².